The molecule has 8 N–H and O–H groups in total. The highest BCUT2D eigenvalue weighted by atomic mass is 31.2. The van der Waals surface area contributed by atoms with Gasteiger partial charge in [-0.05, 0) is 0 Å². The minimum Gasteiger partial charge on any atom is -0.394 e. The van der Waals surface area contributed by atoms with Crippen molar-refractivity contribution in [2.45, 2.75) is 24.5 Å². The maximum Gasteiger partial charge on any atom is 0.340 e. The summed E-state index contributed by atoms with van der Waals surface area (Å²) in [5.74, 6) is -1.26. The fourth-order valence-electron chi connectivity index (χ4n) is 2.81. The Labute approximate surface area is 151 Å². The molecule has 2 aromatic heterocycles. The van der Waals surface area contributed by atoms with E-state index in [1.807, 2.05) is 0 Å². The van der Waals surface area contributed by atoms with Gasteiger partial charge in [0.05, 0.1) is 19.0 Å². The number of aromatic nitrogens is 4. The van der Waals surface area contributed by atoms with Gasteiger partial charge >= 0.3 is 15.2 Å². The summed E-state index contributed by atoms with van der Waals surface area (Å²) in [7, 11) is -9.54. The van der Waals surface area contributed by atoms with Crippen molar-refractivity contribution in [3.8, 4) is 0 Å². The quantitative estimate of drug-likeness (QED) is 0.285. The lowest BCUT2D eigenvalue weighted by Crippen LogP contribution is -2.41. The summed E-state index contributed by atoms with van der Waals surface area (Å²) in [6, 6.07) is -1.09. The van der Waals surface area contributed by atoms with Crippen molar-refractivity contribution in [3.63, 3.8) is 0 Å². The molecule has 5 atom stereocenters. The van der Waals surface area contributed by atoms with Crippen molar-refractivity contribution in [1.29, 1.82) is 0 Å². The first-order valence-electron chi connectivity index (χ1n) is 7.52. The summed E-state index contributed by atoms with van der Waals surface area (Å²) >= 11 is 0. The summed E-state index contributed by atoms with van der Waals surface area (Å²) in [4.78, 5) is 39.5. The molecule has 3 rings (SSSR count). The fourth-order valence-corrected chi connectivity index (χ4v) is 5.59. The standard InChI is InChI=1S/C11H18N6O8P2/c12-6-8(25-27(22,23)4-26(19,20)21)5(1-18)24-11(6)17-3-16-7-9(13)14-2-15-10(7)17/h2-3,5-6,8,11,18H,1,4,12H2,(H,22,23)(H2,13,14,15)(H2,19,20,21)/t5-,6-,8-,11-/m1/s1. The van der Waals surface area contributed by atoms with Crippen molar-refractivity contribution in [2.24, 2.45) is 5.73 Å². The van der Waals surface area contributed by atoms with E-state index < -0.39 is 52.2 Å². The van der Waals surface area contributed by atoms with Crippen LogP contribution < -0.4 is 11.5 Å². The topological polar surface area (TPSA) is 229 Å². The van der Waals surface area contributed by atoms with Crippen LogP contribution in [0.4, 0.5) is 5.82 Å². The van der Waals surface area contributed by atoms with Gasteiger partial charge in [0.1, 0.15) is 24.1 Å². The van der Waals surface area contributed by atoms with Crippen LogP contribution in [0.1, 0.15) is 6.23 Å². The van der Waals surface area contributed by atoms with E-state index in [2.05, 4.69) is 15.0 Å². The van der Waals surface area contributed by atoms with Crippen molar-refractivity contribution in [1.82, 2.24) is 19.5 Å². The zero-order valence-corrected chi connectivity index (χ0v) is 15.4. The van der Waals surface area contributed by atoms with E-state index in [0.29, 0.717) is 0 Å². The molecule has 1 unspecified atom stereocenters. The molecule has 0 amide bonds. The average molecular weight is 424 g/mol. The summed E-state index contributed by atoms with van der Waals surface area (Å²) in [5, 5.41) is 9.50. The van der Waals surface area contributed by atoms with Gasteiger partial charge in [-0.1, -0.05) is 0 Å². The third kappa shape index (κ3) is 4.19. The predicted molar refractivity (Wildman–Crippen MR) is 90.3 cm³/mol. The number of fused-ring (bicyclic) bond motifs is 1. The molecular formula is C11H18N6O8P2. The number of aliphatic hydroxyl groups excluding tert-OH is 1. The van der Waals surface area contributed by atoms with E-state index in [1.165, 1.54) is 17.2 Å². The first-order valence-corrected chi connectivity index (χ1v) is 11.1. The maximum absolute atomic E-state index is 12.0. The van der Waals surface area contributed by atoms with Crippen LogP contribution in [-0.4, -0.2) is 70.1 Å². The molecule has 0 saturated carbocycles. The molecule has 0 aromatic carbocycles. The van der Waals surface area contributed by atoms with Gasteiger partial charge in [-0.15, -0.1) is 0 Å². The Hall–Kier alpha value is -1.47. The van der Waals surface area contributed by atoms with Crippen molar-refractivity contribution < 1.29 is 38.2 Å². The molecule has 14 nitrogen and oxygen atoms in total. The molecule has 1 fully saturated rings. The van der Waals surface area contributed by atoms with E-state index in [4.69, 9.17) is 30.5 Å². The maximum atomic E-state index is 12.0. The number of aliphatic hydroxyl groups is 1. The van der Waals surface area contributed by atoms with Gasteiger partial charge < -0.3 is 40.5 Å². The van der Waals surface area contributed by atoms with Crippen LogP contribution in [0, 0.1) is 0 Å². The molecule has 150 valence electrons. The van der Waals surface area contributed by atoms with E-state index in [1.54, 1.807) is 0 Å². The van der Waals surface area contributed by atoms with Gasteiger partial charge in [-0.25, -0.2) is 15.0 Å². The number of anilines is 1. The van der Waals surface area contributed by atoms with Gasteiger partial charge in [-0.2, -0.15) is 0 Å². The van der Waals surface area contributed by atoms with Crippen molar-refractivity contribution >= 4 is 32.2 Å². The molecule has 3 heterocycles. The summed E-state index contributed by atoms with van der Waals surface area (Å²) in [5.41, 5.74) is 12.4. The lowest BCUT2D eigenvalue weighted by molar-refractivity contribution is -0.0409. The van der Waals surface area contributed by atoms with Gasteiger partial charge in [0, 0.05) is 0 Å². The first-order chi connectivity index (χ1) is 12.5. The molecule has 0 radical (unpaired) electrons. The normalized spacial score (nSPS) is 28.5. The number of hydrogen-bond donors (Lipinski definition) is 6. The van der Waals surface area contributed by atoms with Crippen LogP contribution in [0.25, 0.3) is 11.2 Å². The SMILES string of the molecule is Nc1ncnc2c1ncn2[C@@H]1O[C@H](CO)[C@@H](OP(=O)(O)CP(=O)(O)O)[C@H]1N. The summed E-state index contributed by atoms with van der Waals surface area (Å²) in [6.07, 6.45) is -0.916. The first kappa shape index (κ1) is 20.3. The molecular weight excluding hydrogens is 406 g/mol. The monoisotopic (exact) mass is 424 g/mol. The molecule has 27 heavy (non-hydrogen) atoms. The Morgan fingerprint density at radius 1 is 1.26 bits per heavy atom. The zero-order chi connectivity index (χ0) is 20.0. The minimum absolute atomic E-state index is 0.123. The number of hydrogen-bond acceptors (Lipinski definition) is 10. The Kier molecular flexibility index (Phi) is 5.38. The lowest BCUT2D eigenvalue weighted by atomic mass is 10.1. The Morgan fingerprint density at radius 3 is 2.59 bits per heavy atom. The number of ether oxygens (including phenoxy) is 1. The number of nitrogens with zero attached hydrogens (tertiary/aromatic N) is 4. The Bertz CT molecular complexity index is 933. The highest BCUT2D eigenvalue weighted by Crippen LogP contribution is 2.57. The molecule has 16 heteroatoms. The van der Waals surface area contributed by atoms with Crippen LogP contribution in [0.3, 0.4) is 0 Å². The number of rotatable bonds is 6. The van der Waals surface area contributed by atoms with E-state index in [9.17, 15) is 19.1 Å². The molecule has 1 saturated heterocycles. The van der Waals surface area contributed by atoms with Crippen molar-refractivity contribution in [2.75, 3.05) is 18.2 Å². The molecule has 1 aliphatic heterocycles. The second-order valence-corrected chi connectivity index (χ2v) is 9.87. The van der Waals surface area contributed by atoms with Crippen LogP contribution in [0.15, 0.2) is 12.7 Å². The van der Waals surface area contributed by atoms with Gasteiger partial charge in [0.2, 0.25) is 0 Å². The molecule has 0 spiro atoms. The third-order valence-corrected chi connectivity index (χ3v) is 7.36. The van der Waals surface area contributed by atoms with Crippen LogP contribution >= 0.6 is 15.2 Å². The number of nitrogens with two attached hydrogens (primary N) is 2. The van der Waals surface area contributed by atoms with E-state index >= 15 is 0 Å². The predicted octanol–water partition coefficient (Wildman–Crippen LogP) is -1.67. The summed E-state index contributed by atoms with van der Waals surface area (Å²) in [6.45, 7) is -0.617. The molecule has 0 bridgehead atoms. The molecule has 2 aromatic rings. The minimum atomic E-state index is -4.82. The van der Waals surface area contributed by atoms with Gasteiger partial charge in [0.25, 0.3) is 0 Å². The molecule has 1 aliphatic rings. The van der Waals surface area contributed by atoms with Gasteiger partial charge in [-0.3, -0.25) is 13.7 Å². The molecule has 0 aliphatic carbocycles. The number of nitrogen functional groups attached to an aromatic ring is 1. The summed E-state index contributed by atoms with van der Waals surface area (Å²) < 4.78 is 35.0. The smallest absolute Gasteiger partial charge is 0.340 e. The van der Waals surface area contributed by atoms with E-state index in [0.717, 1.165) is 0 Å². The van der Waals surface area contributed by atoms with Crippen LogP contribution in [0.5, 0.6) is 0 Å². The second kappa shape index (κ2) is 7.17. The Morgan fingerprint density at radius 2 is 1.96 bits per heavy atom. The van der Waals surface area contributed by atoms with Crippen molar-refractivity contribution in [3.05, 3.63) is 12.7 Å². The second-order valence-electron chi connectivity index (χ2n) is 5.92. The zero-order valence-electron chi connectivity index (χ0n) is 13.6. The van der Waals surface area contributed by atoms with Crippen LogP contribution in [0.2, 0.25) is 0 Å². The van der Waals surface area contributed by atoms with Gasteiger partial charge in [0.15, 0.2) is 23.6 Å². The largest absolute Gasteiger partial charge is 0.394 e. The van der Waals surface area contributed by atoms with E-state index in [-0.39, 0.29) is 17.0 Å². The third-order valence-electron chi connectivity index (χ3n) is 3.88. The fraction of sp³-hybridized carbons (Fsp3) is 0.545. The number of imidazole rings is 1. The highest BCUT2D eigenvalue weighted by molar-refractivity contribution is 7.70. The average Bonchev–Trinajstić information content (AvgIpc) is 3.08. The lowest BCUT2D eigenvalue weighted by Gasteiger charge is -2.23. The van der Waals surface area contributed by atoms with Crippen LogP contribution in [-0.2, 0) is 18.4 Å². The highest BCUT2D eigenvalue weighted by Gasteiger charge is 2.48. The Balaban J connectivity index is 1.89.